The summed E-state index contributed by atoms with van der Waals surface area (Å²) >= 11 is 0. The van der Waals surface area contributed by atoms with E-state index in [1.54, 1.807) is 13.0 Å². The van der Waals surface area contributed by atoms with E-state index < -0.39 is 23.7 Å². The van der Waals surface area contributed by atoms with Crippen molar-refractivity contribution >= 4 is 17.7 Å². The molecule has 1 aromatic carbocycles. The minimum atomic E-state index is -0.912. The number of carbonyl (C=O) groups is 3. The van der Waals surface area contributed by atoms with Gasteiger partial charge in [-0.25, -0.2) is 4.39 Å². The summed E-state index contributed by atoms with van der Waals surface area (Å²) in [5.74, 6) is -2.19. The average molecular weight is 264 g/mol. The SMILES string of the molecule is Cc1ccc(F)c(C(=O)NC2CC(=O)N(C)C2=O)c1. The highest BCUT2D eigenvalue weighted by atomic mass is 19.1. The summed E-state index contributed by atoms with van der Waals surface area (Å²) in [5, 5.41) is 2.38. The number of likely N-dealkylation sites (N-methyl/N-ethyl adjacent to an activating group) is 1. The van der Waals surface area contributed by atoms with Crippen molar-refractivity contribution in [2.45, 2.75) is 19.4 Å². The van der Waals surface area contributed by atoms with Crippen molar-refractivity contribution in [3.8, 4) is 0 Å². The molecule has 0 bridgehead atoms. The van der Waals surface area contributed by atoms with Crippen LogP contribution in [-0.4, -0.2) is 35.7 Å². The summed E-state index contributed by atoms with van der Waals surface area (Å²) in [6.45, 7) is 1.73. The predicted molar refractivity (Wildman–Crippen MR) is 64.8 cm³/mol. The van der Waals surface area contributed by atoms with Crippen LogP contribution in [-0.2, 0) is 9.59 Å². The van der Waals surface area contributed by atoms with Gasteiger partial charge in [-0.3, -0.25) is 19.3 Å². The molecule has 2 rings (SSSR count). The van der Waals surface area contributed by atoms with Gasteiger partial charge >= 0.3 is 0 Å². The maximum Gasteiger partial charge on any atom is 0.254 e. The van der Waals surface area contributed by atoms with E-state index in [9.17, 15) is 18.8 Å². The Kier molecular flexibility index (Phi) is 3.33. The monoisotopic (exact) mass is 264 g/mol. The molecule has 1 N–H and O–H groups in total. The Bertz CT molecular complexity index is 571. The molecule has 0 aliphatic carbocycles. The number of nitrogens with one attached hydrogen (secondary N) is 1. The number of carbonyl (C=O) groups excluding carboxylic acids is 3. The van der Waals surface area contributed by atoms with E-state index in [0.29, 0.717) is 0 Å². The summed E-state index contributed by atoms with van der Waals surface area (Å²) in [5.41, 5.74) is 0.604. The van der Waals surface area contributed by atoms with Gasteiger partial charge in [-0.05, 0) is 19.1 Å². The van der Waals surface area contributed by atoms with Crippen LogP contribution in [0, 0.1) is 12.7 Å². The Morgan fingerprint density at radius 2 is 2.11 bits per heavy atom. The van der Waals surface area contributed by atoms with Gasteiger partial charge in [0.2, 0.25) is 5.91 Å². The van der Waals surface area contributed by atoms with E-state index in [1.165, 1.54) is 19.2 Å². The summed E-state index contributed by atoms with van der Waals surface area (Å²) in [7, 11) is 1.35. The lowest BCUT2D eigenvalue weighted by Gasteiger charge is -2.11. The summed E-state index contributed by atoms with van der Waals surface area (Å²) < 4.78 is 13.5. The van der Waals surface area contributed by atoms with Crippen LogP contribution in [0.25, 0.3) is 0 Å². The van der Waals surface area contributed by atoms with Gasteiger partial charge in [0.25, 0.3) is 11.8 Å². The summed E-state index contributed by atoms with van der Waals surface area (Å²) in [4.78, 5) is 35.8. The summed E-state index contributed by atoms with van der Waals surface area (Å²) in [6, 6.07) is 3.22. The number of rotatable bonds is 2. The molecule has 0 aromatic heterocycles. The molecule has 3 amide bonds. The quantitative estimate of drug-likeness (QED) is 0.796. The number of amides is 3. The van der Waals surface area contributed by atoms with E-state index in [-0.39, 0.29) is 17.9 Å². The Hall–Kier alpha value is -2.24. The van der Waals surface area contributed by atoms with Crippen LogP contribution in [0.15, 0.2) is 18.2 Å². The average Bonchev–Trinajstić information content (AvgIpc) is 2.60. The van der Waals surface area contributed by atoms with Crippen LogP contribution in [0.4, 0.5) is 4.39 Å². The second-order valence-electron chi connectivity index (χ2n) is 4.50. The second kappa shape index (κ2) is 4.79. The van der Waals surface area contributed by atoms with Gasteiger partial charge in [0.1, 0.15) is 11.9 Å². The fourth-order valence-electron chi connectivity index (χ4n) is 1.92. The molecule has 1 aliphatic rings. The topological polar surface area (TPSA) is 66.5 Å². The molecule has 6 heteroatoms. The highest BCUT2D eigenvalue weighted by molar-refractivity contribution is 6.08. The number of imide groups is 1. The fraction of sp³-hybridized carbons (Fsp3) is 0.308. The Morgan fingerprint density at radius 3 is 2.68 bits per heavy atom. The Balaban J connectivity index is 2.16. The molecule has 1 aliphatic heterocycles. The van der Waals surface area contributed by atoms with E-state index >= 15 is 0 Å². The van der Waals surface area contributed by atoms with Gasteiger partial charge in [0, 0.05) is 7.05 Å². The van der Waals surface area contributed by atoms with Gasteiger partial charge in [-0.15, -0.1) is 0 Å². The smallest absolute Gasteiger partial charge is 0.254 e. The maximum atomic E-state index is 13.5. The van der Waals surface area contributed by atoms with Crippen molar-refractivity contribution in [3.05, 3.63) is 35.1 Å². The Labute approximate surface area is 109 Å². The van der Waals surface area contributed by atoms with Crippen molar-refractivity contribution in [1.29, 1.82) is 0 Å². The van der Waals surface area contributed by atoms with Crippen LogP contribution in [0.2, 0.25) is 0 Å². The molecular formula is C13H13FN2O3. The third-order valence-corrected chi connectivity index (χ3v) is 3.05. The van der Waals surface area contributed by atoms with Crippen molar-refractivity contribution in [1.82, 2.24) is 10.2 Å². The third-order valence-electron chi connectivity index (χ3n) is 3.05. The normalized spacial score (nSPS) is 18.9. The van der Waals surface area contributed by atoms with Crippen molar-refractivity contribution in [2.75, 3.05) is 7.05 Å². The molecular weight excluding hydrogens is 251 g/mol. The van der Waals surface area contributed by atoms with Crippen LogP contribution in [0.5, 0.6) is 0 Å². The fourth-order valence-corrected chi connectivity index (χ4v) is 1.92. The number of benzene rings is 1. The van der Waals surface area contributed by atoms with E-state index in [2.05, 4.69) is 5.32 Å². The first-order chi connectivity index (χ1) is 8.90. The highest BCUT2D eigenvalue weighted by Gasteiger charge is 2.37. The summed E-state index contributed by atoms with van der Waals surface area (Å²) in [6.07, 6.45) is -0.0888. The molecule has 1 aromatic rings. The largest absolute Gasteiger partial charge is 0.340 e. The number of hydrogen-bond donors (Lipinski definition) is 1. The molecule has 1 unspecified atom stereocenters. The molecule has 5 nitrogen and oxygen atoms in total. The lowest BCUT2D eigenvalue weighted by molar-refractivity contribution is -0.137. The molecule has 0 radical (unpaired) electrons. The number of halogens is 1. The number of hydrogen-bond acceptors (Lipinski definition) is 3. The minimum Gasteiger partial charge on any atom is -0.340 e. The zero-order chi connectivity index (χ0) is 14.2. The zero-order valence-corrected chi connectivity index (χ0v) is 10.6. The third kappa shape index (κ3) is 2.47. The van der Waals surface area contributed by atoms with Gasteiger partial charge < -0.3 is 5.32 Å². The van der Waals surface area contributed by atoms with Crippen LogP contribution in [0.1, 0.15) is 22.3 Å². The standard InChI is InChI=1S/C13H13FN2O3/c1-7-3-4-9(14)8(5-7)12(18)15-10-6-11(17)16(2)13(10)19/h3-5,10H,6H2,1-2H3,(H,15,18). The molecule has 0 saturated carbocycles. The van der Waals surface area contributed by atoms with Gasteiger partial charge in [0.15, 0.2) is 0 Å². The number of likely N-dealkylation sites (tertiary alicyclic amines) is 1. The van der Waals surface area contributed by atoms with E-state index in [4.69, 9.17) is 0 Å². The minimum absolute atomic E-state index is 0.0888. The van der Waals surface area contributed by atoms with Gasteiger partial charge in [-0.2, -0.15) is 0 Å². The lowest BCUT2D eigenvalue weighted by atomic mass is 10.1. The predicted octanol–water partition coefficient (Wildman–Crippen LogP) is 0.621. The van der Waals surface area contributed by atoms with Crippen LogP contribution < -0.4 is 5.32 Å². The van der Waals surface area contributed by atoms with Crippen LogP contribution >= 0.6 is 0 Å². The van der Waals surface area contributed by atoms with E-state index in [0.717, 1.165) is 10.5 Å². The molecule has 0 spiro atoms. The van der Waals surface area contributed by atoms with Crippen molar-refractivity contribution in [2.24, 2.45) is 0 Å². The highest BCUT2D eigenvalue weighted by Crippen LogP contribution is 2.14. The first kappa shape index (κ1) is 13.2. The van der Waals surface area contributed by atoms with E-state index in [1.807, 2.05) is 0 Å². The maximum absolute atomic E-state index is 13.5. The van der Waals surface area contributed by atoms with Crippen molar-refractivity contribution in [3.63, 3.8) is 0 Å². The molecule has 1 fully saturated rings. The van der Waals surface area contributed by atoms with Gasteiger partial charge in [0.05, 0.1) is 12.0 Å². The molecule has 1 saturated heterocycles. The van der Waals surface area contributed by atoms with Gasteiger partial charge in [-0.1, -0.05) is 11.6 Å². The number of nitrogens with zero attached hydrogens (tertiary/aromatic N) is 1. The van der Waals surface area contributed by atoms with Crippen molar-refractivity contribution < 1.29 is 18.8 Å². The molecule has 1 heterocycles. The zero-order valence-electron chi connectivity index (χ0n) is 10.6. The first-order valence-electron chi connectivity index (χ1n) is 5.77. The number of aryl methyl sites for hydroxylation is 1. The first-order valence-corrected chi connectivity index (χ1v) is 5.77. The lowest BCUT2D eigenvalue weighted by Crippen LogP contribution is -2.40. The molecule has 19 heavy (non-hydrogen) atoms. The molecule has 100 valence electrons. The van der Waals surface area contributed by atoms with Crippen LogP contribution in [0.3, 0.4) is 0 Å². The Morgan fingerprint density at radius 1 is 1.42 bits per heavy atom. The second-order valence-corrected chi connectivity index (χ2v) is 4.50. The molecule has 1 atom stereocenters.